The lowest BCUT2D eigenvalue weighted by molar-refractivity contribution is 0.301. The normalized spacial score (nSPS) is 14.0. The largest absolute Gasteiger partial charge is 0.493 e. The molecule has 1 aromatic carbocycles. The molecule has 0 amide bonds. The summed E-state index contributed by atoms with van der Waals surface area (Å²) in [5, 5.41) is 0. The van der Waals surface area contributed by atoms with Crippen molar-refractivity contribution in [3.05, 3.63) is 29.6 Å². The van der Waals surface area contributed by atoms with Crippen molar-refractivity contribution in [2.75, 3.05) is 13.2 Å². The van der Waals surface area contributed by atoms with Crippen LogP contribution in [0.5, 0.6) is 5.75 Å². The maximum absolute atomic E-state index is 13.3. The Morgan fingerprint density at radius 2 is 2.18 bits per heavy atom. The van der Waals surface area contributed by atoms with E-state index in [4.69, 9.17) is 10.5 Å². The molecule has 1 saturated carbocycles. The van der Waals surface area contributed by atoms with Gasteiger partial charge in [-0.2, -0.15) is 0 Å². The van der Waals surface area contributed by atoms with Gasteiger partial charge in [0.15, 0.2) is 0 Å². The van der Waals surface area contributed by atoms with Gasteiger partial charge in [-0.15, -0.1) is 0 Å². The maximum Gasteiger partial charge on any atom is 0.128 e. The summed E-state index contributed by atoms with van der Waals surface area (Å²) in [5.74, 6) is 6.54. The molecule has 1 aliphatic rings. The van der Waals surface area contributed by atoms with Gasteiger partial charge in [0.25, 0.3) is 0 Å². The van der Waals surface area contributed by atoms with Gasteiger partial charge in [-0.25, -0.2) is 4.39 Å². The quantitative estimate of drug-likeness (QED) is 0.810. The Morgan fingerprint density at radius 3 is 2.88 bits per heavy atom. The van der Waals surface area contributed by atoms with E-state index in [2.05, 4.69) is 11.8 Å². The Hall–Kier alpha value is -1.53. The Morgan fingerprint density at radius 1 is 1.35 bits per heavy atom. The molecule has 2 N–H and O–H groups in total. The number of benzene rings is 1. The van der Waals surface area contributed by atoms with Crippen LogP contribution in [0, 0.1) is 23.6 Å². The van der Waals surface area contributed by atoms with Gasteiger partial charge in [0, 0.05) is 11.6 Å². The molecular weight excluding hydrogens is 217 g/mol. The summed E-state index contributed by atoms with van der Waals surface area (Å²) < 4.78 is 18.8. The third-order valence-corrected chi connectivity index (χ3v) is 2.70. The fourth-order valence-corrected chi connectivity index (χ4v) is 1.62. The van der Waals surface area contributed by atoms with Crippen LogP contribution in [0.2, 0.25) is 0 Å². The van der Waals surface area contributed by atoms with E-state index in [0.717, 1.165) is 12.3 Å². The molecule has 0 spiro atoms. The fraction of sp³-hybridized carbons (Fsp3) is 0.429. The van der Waals surface area contributed by atoms with Crippen LogP contribution < -0.4 is 10.5 Å². The van der Waals surface area contributed by atoms with E-state index in [1.165, 1.54) is 25.0 Å². The predicted octanol–water partition coefficient (Wildman–Crippen LogP) is 2.31. The predicted molar refractivity (Wildman–Crippen MR) is 65.2 cm³/mol. The second kappa shape index (κ2) is 5.70. The number of halogens is 1. The molecule has 0 radical (unpaired) electrons. The minimum atomic E-state index is -0.324. The molecule has 2 rings (SSSR count). The highest BCUT2D eigenvalue weighted by Crippen LogP contribution is 2.32. The van der Waals surface area contributed by atoms with Gasteiger partial charge in [0.1, 0.15) is 11.6 Å². The lowest BCUT2D eigenvalue weighted by atomic mass is 10.2. The highest BCUT2D eigenvalue weighted by molar-refractivity contribution is 5.40. The van der Waals surface area contributed by atoms with Crippen molar-refractivity contribution in [1.29, 1.82) is 0 Å². The summed E-state index contributed by atoms with van der Waals surface area (Å²) in [5.41, 5.74) is 5.88. The molecule has 17 heavy (non-hydrogen) atoms. The summed E-state index contributed by atoms with van der Waals surface area (Å²) in [6, 6.07) is 4.52. The highest BCUT2D eigenvalue weighted by atomic mass is 19.1. The van der Waals surface area contributed by atoms with Crippen molar-refractivity contribution in [2.24, 2.45) is 11.7 Å². The van der Waals surface area contributed by atoms with Crippen LogP contribution in [-0.4, -0.2) is 13.2 Å². The van der Waals surface area contributed by atoms with Crippen LogP contribution >= 0.6 is 0 Å². The first-order chi connectivity index (χ1) is 8.28. The first-order valence-electron chi connectivity index (χ1n) is 5.90. The van der Waals surface area contributed by atoms with E-state index in [1.807, 2.05) is 0 Å². The van der Waals surface area contributed by atoms with Gasteiger partial charge in [0.05, 0.1) is 13.2 Å². The second-order valence-electron chi connectivity index (χ2n) is 4.26. The number of ether oxygens (including phenoxy) is 1. The molecule has 1 aliphatic carbocycles. The molecule has 1 fully saturated rings. The van der Waals surface area contributed by atoms with E-state index in [9.17, 15) is 4.39 Å². The van der Waals surface area contributed by atoms with Gasteiger partial charge in [-0.1, -0.05) is 24.7 Å². The van der Waals surface area contributed by atoms with E-state index in [0.29, 0.717) is 17.9 Å². The molecule has 90 valence electrons. The van der Waals surface area contributed by atoms with E-state index < -0.39 is 0 Å². The van der Waals surface area contributed by atoms with Crippen LogP contribution in [0.4, 0.5) is 4.39 Å². The Kier molecular flexibility index (Phi) is 4.00. The van der Waals surface area contributed by atoms with E-state index >= 15 is 0 Å². The molecule has 0 unspecified atom stereocenters. The molecule has 2 nitrogen and oxygen atoms in total. The topological polar surface area (TPSA) is 35.2 Å². The highest BCUT2D eigenvalue weighted by Gasteiger charge is 2.20. The van der Waals surface area contributed by atoms with E-state index in [1.54, 1.807) is 6.07 Å². The first-order valence-corrected chi connectivity index (χ1v) is 5.90. The molecule has 0 bridgehead atoms. The van der Waals surface area contributed by atoms with Crippen LogP contribution in [-0.2, 0) is 0 Å². The zero-order valence-corrected chi connectivity index (χ0v) is 9.71. The fourth-order valence-electron chi connectivity index (χ4n) is 1.62. The van der Waals surface area contributed by atoms with Gasteiger partial charge in [0.2, 0.25) is 0 Å². The average Bonchev–Trinajstić information content (AvgIpc) is 3.10. The third kappa shape index (κ3) is 4.08. The van der Waals surface area contributed by atoms with Crippen molar-refractivity contribution in [3.8, 4) is 17.6 Å². The van der Waals surface area contributed by atoms with Crippen LogP contribution in [0.3, 0.4) is 0 Å². The molecular formula is C14H16FNO. The molecule has 0 atom stereocenters. The van der Waals surface area contributed by atoms with Crippen molar-refractivity contribution in [3.63, 3.8) is 0 Å². The number of nitrogens with two attached hydrogens (primary N) is 1. The standard InChI is InChI=1S/C14H16FNO/c15-13-8-12(2-1-6-16)9-14(10-13)17-7-5-11-3-4-11/h8-11H,3-7,16H2. The van der Waals surface area contributed by atoms with Gasteiger partial charge >= 0.3 is 0 Å². The van der Waals surface area contributed by atoms with Crippen LogP contribution in [0.25, 0.3) is 0 Å². The number of hydrogen-bond donors (Lipinski definition) is 1. The molecule has 0 saturated heterocycles. The Balaban J connectivity index is 1.96. The smallest absolute Gasteiger partial charge is 0.128 e. The van der Waals surface area contributed by atoms with Crippen molar-refractivity contribution in [2.45, 2.75) is 19.3 Å². The summed E-state index contributed by atoms with van der Waals surface area (Å²) in [7, 11) is 0. The molecule has 3 heteroatoms. The molecule has 0 aliphatic heterocycles. The first kappa shape index (κ1) is 11.9. The Bertz CT molecular complexity index is 443. The molecule has 0 heterocycles. The second-order valence-corrected chi connectivity index (χ2v) is 4.26. The SMILES string of the molecule is NCC#Cc1cc(F)cc(OCCC2CC2)c1. The van der Waals surface area contributed by atoms with Gasteiger partial charge in [-0.3, -0.25) is 0 Å². The minimum Gasteiger partial charge on any atom is -0.493 e. The summed E-state index contributed by atoms with van der Waals surface area (Å²) in [6.07, 6.45) is 3.67. The van der Waals surface area contributed by atoms with E-state index in [-0.39, 0.29) is 12.4 Å². The summed E-state index contributed by atoms with van der Waals surface area (Å²) in [4.78, 5) is 0. The molecule has 0 aromatic heterocycles. The van der Waals surface area contributed by atoms with Crippen molar-refractivity contribution < 1.29 is 9.13 Å². The summed E-state index contributed by atoms with van der Waals surface area (Å²) >= 11 is 0. The van der Waals surface area contributed by atoms with Crippen LogP contribution in [0.15, 0.2) is 18.2 Å². The van der Waals surface area contributed by atoms with Crippen molar-refractivity contribution >= 4 is 0 Å². The number of rotatable bonds is 4. The average molecular weight is 233 g/mol. The molecule has 1 aromatic rings. The maximum atomic E-state index is 13.3. The van der Waals surface area contributed by atoms with Crippen molar-refractivity contribution in [1.82, 2.24) is 0 Å². The Labute approximate surface area is 101 Å². The monoisotopic (exact) mass is 233 g/mol. The third-order valence-electron chi connectivity index (χ3n) is 2.70. The number of hydrogen-bond acceptors (Lipinski definition) is 2. The minimum absolute atomic E-state index is 0.272. The lowest BCUT2D eigenvalue weighted by Crippen LogP contribution is -1.99. The zero-order valence-electron chi connectivity index (χ0n) is 9.71. The van der Waals surface area contributed by atoms with Gasteiger partial charge in [-0.05, 0) is 24.5 Å². The van der Waals surface area contributed by atoms with Gasteiger partial charge < -0.3 is 10.5 Å². The van der Waals surface area contributed by atoms with Crippen LogP contribution in [0.1, 0.15) is 24.8 Å². The zero-order chi connectivity index (χ0) is 12.1. The lowest BCUT2D eigenvalue weighted by Gasteiger charge is -2.06. The summed E-state index contributed by atoms with van der Waals surface area (Å²) in [6.45, 7) is 0.923.